The third-order valence-electron chi connectivity index (χ3n) is 6.65. The predicted octanol–water partition coefficient (Wildman–Crippen LogP) is 4.03. The van der Waals surface area contributed by atoms with Gasteiger partial charge >= 0.3 is 5.97 Å². The molecule has 0 aromatic carbocycles. The van der Waals surface area contributed by atoms with Crippen molar-refractivity contribution >= 4 is 29.3 Å². The van der Waals surface area contributed by atoms with Gasteiger partial charge in [0.2, 0.25) is 0 Å². The molecule has 0 spiro atoms. The van der Waals surface area contributed by atoms with Gasteiger partial charge in [-0.1, -0.05) is 6.07 Å². The lowest BCUT2D eigenvalue weighted by atomic mass is 9.48. The van der Waals surface area contributed by atoms with Crippen LogP contribution in [-0.4, -0.2) is 24.5 Å². The minimum Gasteiger partial charge on any atom is -0.452 e. The molecule has 4 nitrogen and oxygen atoms in total. The van der Waals surface area contributed by atoms with E-state index in [2.05, 4.69) is 12.2 Å². The lowest BCUT2D eigenvalue weighted by molar-refractivity contribution is -0.145. The zero-order chi connectivity index (χ0) is 18.1. The van der Waals surface area contributed by atoms with Crippen molar-refractivity contribution in [3.63, 3.8) is 0 Å². The second kappa shape index (κ2) is 7.18. The summed E-state index contributed by atoms with van der Waals surface area (Å²) in [4.78, 5) is 25.0. The van der Waals surface area contributed by atoms with E-state index >= 15 is 0 Å². The van der Waals surface area contributed by atoms with Gasteiger partial charge < -0.3 is 10.1 Å². The minimum atomic E-state index is -0.476. The number of rotatable bonds is 6. The zero-order valence-electron chi connectivity index (χ0n) is 15.3. The molecule has 0 aliphatic heterocycles. The van der Waals surface area contributed by atoms with Crippen molar-refractivity contribution in [3.8, 4) is 0 Å². The Labute approximate surface area is 159 Å². The standard InChI is InChI=1S/C21H27NO3S/c1-14(21-10-15-7-16(11-21)9-17(8-15)12-21)22-19(23)13-25-20(24)5-4-18-3-2-6-26-18/h2-6,14-17H,7-13H2,1H3,(H,22,23)/b5-4+/t14-,15?,16?,17?,21?/m0/s1. The first kappa shape index (κ1) is 17.8. The number of carbonyl (C=O) groups excluding carboxylic acids is 2. The SMILES string of the molecule is C[C@H](NC(=O)COC(=O)/C=C/c1cccs1)C12CC3CC(CC(C3)C1)C2. The smallest absolute Gasteiger partial charge is 0.331 e. The summed E-state index contributed by atoms with van der Waals surface area (Å²) < 4.78 is 5.09. The Morgan fingerprint density at radius 3 is 2.50 bits per heavy atom. The van der Waals surface area contributed by atoms with Crippen LogP contribution in [0.3, 0.4) is 0 Å². The second-order valence-electron chi connectivity index (χ2n) is 8.53. The molecule has 1 aromatic heterocycles. The number of thiophene rings is 1. The summed E-state index contributed by atoms with van der Waals surface area (Å²) in [6.07, 6.45) is 11.0. The molecular weight excluding hydrogens is 346 g/mol. The number of ether oxygens (including phenoxy) is 1. The first-order chi connectivity index (χ1) is 12.5. The van der Waals surface area contributed by atoms with E-state index in [0.717, 1.165) is 22.6 Å². The molecule has 4 bridgehead atoms. The summed E-state index contributed by atoms with van der Waals surface area (Å²) in [5.74, 6) is 1.92. The molecular formula is C21H27NO3S. The number of esters is 1. The van der Waals surface area contributed by atoms with Crippen LogP contribution < -0.4 is 5.32 Å². The molecule has 5 rings (SSSR count). The molecule has 1 atom stereocenters. The first-order valence-electron chi connectivity index (χ1n) is 9.70. The largest absolute Gasteiger partial charge is 0.452 e. The molecule has 1 amide bonds. The number of amides is 1. The van der Waals surface area contributed by atoms with Gasteiger partial charge in [-0.15, -0.1) is 11.3 Å². The van der Waals surface area contributed by atoms with Gasteiger partial charge in [-0.3, -0.25) is 4.79 Å². The van der Waals surface area contributed by atoms with Crippen LogP contribution in [0.1, 0.15) is 50.3 Å². The Bertz CT molecular complexity index is 659. The van der Waals surface area contributed by atoms with Gasteiger partial charge in [0.25, 0.3) is 5.91 Å². The van der Waals surface area contributed by atoms with Crippen molar-refractivity contribution in [1.29, 1.82) is 0 Å². The summed E-state index contributed by atoms with van der Waals surface area (Å²) in [5.41, 5.74) is 0.271. The maximum Gasteiger partial charge on any atom is 0.331 e. The average Bonchev–Trinajstić information content (AvgIpc) is 3.10. The topological polar surface area (TPSA) is 55.4 Å². The highest BCUT2D eigenvalue weighted by atomic mass is 32.1. The highest BCUT2D eigenvalue weighted by Crippen LogP contribution is 2.61. The van der Waals surface area contributed by atoms with Crippen molar-refractivity contribution in [2.75, 3.05) is 6.61 Å². The van der Waals surface area contributed by atoms with Gasteiger partial charge in [-0.2, -0.15) is 0 Å². The first-order valence-corrected chi connectivity index (χ1v) is 10.6. The molecule has 1 N–H and O–H groups in total. The zero-order valence-corrected chi connectivity index (χ0v) is 16.1. The summed E-state index contributed by atoms with van der Waals surface area (Å²) >= 11 is 1.55. The fraction of sp³-hybridized carbons (Fsp3) is 0.619. The van der Waals surface area contributed by atoms with Crippen LogP contribution in [0.5, 0.6) is 0 Å². The fourth-order valence-corrected chi connectivity index (χ4v) is 6.48. The Kier molecular flexibility index (Phi) is 4.91. The molecule has 4 aliphatic carbocycles. The second-order valence-corrected chi connectivity index (χ2v) is 9.50. The van der Waals surface area contributed by atoms with E-state index in [9.17, 15) is 9.59 Å². The number of hydrogen-bond acceptors (Lipinski definition) is 4. The Balaban J connectivity index is 1.26. The molecule has 1 aromatic rings. The van der Waals surface area contributed by atoms with E-state index in [1.165, 1.54) is 44.6 Å². The van der Waals surface area contributed by atoms with Crippen LogP contribution in [0.25, 0.3) is 6.08 Å². The van der Waals surface area contributed by atoms with Gasteiger partial charge in [-0.25, -0.2) is 4.79 Å². The Morgan fingerprint density at radius 1 is 1.27 bits per heavy atom. The molecule has 4 fully saturated rings. The van der Waals surface area contributed by atoms with Crippen LogP contribution in [0, 0.1) is 23.2 Å². The van der Waals surface area contributed by atoms with Gasteiger partial charge in [0.05, 0.1) is 0 Å². The lowest BCUT2D eigenvalue weighted by Crippen LogP contribution is -2.56. The Hall–Kier alpha value is -1.62. The summed E-state index contributed by atoms with van der Waals surface area (Å²) in [6.45, 7) is 1.94. The highest BCUT2D eigenvalue weighted by Gasteiger charge is 2.53. The monoisotopic (exact) mass is 373 g/mol. The maximum absolute atomic E-state index is 12.3. The molecule has 26 heavy (non-hydrogen) atoms. The van der Waals surface area contributed by atoms with Crippen molar-refractivity contribution in [3.05, 3.63) is 28.5 Å². The normalized spacial score (nSPS) is 33.3. The molecule has 4 saturated carbocycles. The fourth-order valence-electron chi connectivity index (χ4n) is 5.87. The molecule has 0 radical (unpaired) electrons. The van der Waals surface area contributed by atoms with Crippen LogP contribution in [-0.2, 0) is 14.3 Å². The van der Waals surface area contributed by atoms with Crippen LogP contribution in [0.15, 0.2) is 23.6 Å². The van der Waals surface area contributed by atoms with E-state index in [4.69, 9.17) is 4.74 Å². The maximum atomic E-state index is 12.3. The van der Waals surface area contributed by atoms with Crippen molar-refractivity contribution in [1.82, 2.24) is 5.32 Å². The molecule has 0 saturated heterocycles. The van der Waals surface area contributed by atoms with Gasteiger partial charge in [0.15, 0.2) is 6.61 Å². The van der Waals surface area contributed by atoms with E-state index in [0.29, 0.717) is 0 Å². The number of nitrogens with one attached hydrogen (secondary N) is 1. The molecule has 1 heterocycles. The summed E-state index contributed by atoms with van der Waals surface area (Å²) in [6, 6.07) is 4.01. The molecule has 0 unspecified atom stereocenters. The van der Waals surface area contributed by atoms with Crippen LogP contribution in [0.2, 0.25) is 0 Å². The van der Waals surface area contributed by atoms with E-state index < -0.39 is 5.97 Å². The lowest BCUT2D eigenvalue weighted by Gasteiger charge is -2.59. The third kappa shape index (κ3) is 3.73. The van der Waals surface area contributed by atoms with E-state index in [-0.39, 0.29) is 24.0 Å². The van der Waals surface area contributed by atoms with Gasteiger partial charge in [-0.05, 0) is 86.1 Å². The number of hydrogen-bond donors (Lipinski definition) is 1. The summed E-state index contributed by atoms with van der Waals surface area (Å²) in [5, 5.41) is 5.07. The average molecular weight is 374 g/mol. The third-order valence-corrected chi connectivity index (χ3v) is 7.49. The number of carbonyl (C=O) groups is 2. The van der Waals surface area contributed by atoms with E-state index in [1.807, 2.05) is 17.5 Å². The van der Waals surface area contributed by atoms with E-state index in [1.54, 1.807) is 17.4 Å². The quantitative estimate of drug-likeness (QED) is 0.605. The molecule has 5 heteroatoms. The Morgan fingerprint density at radius 2 is 1.92 bits per heavy atom. The predicted molar refractivity (Wildman–Crippen MR) is 103 cm³/mol. The minimum absolute atomic E-state index is 0.156. The molecule has 140 valence electrons. The van der Waals surface area contributed by atoms with Crippen molar-refractivity contribution < 1.29 is 14.3 Å². The van der Waals surface area contributed by atoms with Crippen molar-refractivity contribution in [2.24, 2.45) is 23.2 Å². The highest BCUT2D eigenvalue weighted by molar-refractivity contribution is 7.10. The molecule has 4 aliphatic rings. The summed E-state index contributed by atoms with van der Waals surface area (Å²) in [7, 11) is 0. The van der Waals surface area contributed by atoms with Crippen LogP contribution >= 0.6 is 11.3 Å². The van der Waals surface area contributed by atoms with Crippen molar-refractivity contribution in [2.45, 2.75) is 51.5 Å². The van der Waals surface area contributed by atoms with Gasteiger partial charge in [0.1, 0.15) is 0 Å². The van der Waals surface area contributed by atoms with Crippen LogP contribution in [0.4, 0.5) is 0 Å². The van der Waals surface area contributed by atoms with Gasteiger partial charge in [0, 0.05) is 17.0 Å².